The molecule has 0 atom stereocenters. The molecule has 4 aromatic rings. The Morgan fingerprint density at radius 2 is 1.42 bits per heavy atom. The van der Waals surface area contributed by atoms with Gasteiger partial charge in [0.05, 0.1) is 11.0 Å². The minimum atomic E-state index is 0.669. The van der Waals surface area contributed by atoms with Crippen LogP contribution in [0.3, 0.4) is 0 Å². The summed E-state index contributed by atoms with van der Waals surface area (Å²) in [6.07, 6.45) is 1.76. The van der Waals surface area contributed by atoms with Crippen molar-refractivity contribution in [1.29, 1.82) is 0 Å². The van der Waals surface area contributed by atoms with Crippen LogP contribution in [0.4, 0.5) is 0 Å². The maximum atomic E-state index is 4.65. The molecular formula is C15H10N4. The number of imidazole rings is 1. The van der Waals surface area contributed by atoms with E-state index >= 15 is 0 Å². The van der Waals surface area contributed by atoms with Gasteiger partial charge in [0, 0.05) is 5.69 Å². The molecule has 4 rings (SSSR count). The molecule has 0 spiro atoms. The van der Waals surface area contributed by atoms with Crippen molar-refractivity contribution in [1.82, 2.24) is 19.5 Å². The van der Waals surface area contributed by atoms with Crippen molar-refractivity contribution in [3.63, 3.8) is 0 Å². The Morgan fingerprint density at radius 1 is 0.737 bits per heavy atom. The lowest BCUT2D eigenvalue weighted by Gasteiger charge is -2.03. The van der Waals surface area contributed by atoms with Gasteiger partial charge in [-0.05, 0) is 24.3 Å². The minimum absolute atomic E-state index is 0.669. The zero-order valence-electron chi connectivity index (χ0n) is 10.1. The molecule has 2 aromatic heterocycles. The van der Waals surface area contributed by atoms with E-state index in [0.717, 1.165) is 22.4 Å². The standard InChI is InChI=1S/C15H10N4/c1-2-6-11(7-3-1)19-10-16-14-15(19)18-13-9-5-4-8-12(13)17-14/h1-10H. The summed E-state index contributed by atoms with van der Waals surface area (Å²) in [5, 5.41) is 0. The number of para-hydroxylation sites is 3. The molecule has 90 valence electrons. The van der Waals surface area contributed by atoms with Crippen molar-refractivity contribution in [3.8, 4) is 5.69 Å². The molecular weight excluding hydrogens is 236 g/mol. The second-order valence-electron chi connectivity index (χ2n) is 4.31. The van der Waals surface area contributed by atoms with E-state index in [2.05, 4.69) is 15.0 Å². The molecule has 0 bridgehead atoms. The van der Waals surface area contributed by atoms with Crippen molar-refractivity contribution < 1.29 is 0 Å². The molecule has 0 N–H and O–H groups in total. The first kappa shape index (κ1) is 10.2. The van der Waals surface area contributed by atoms with Gasteiger partial charge in [0.15, 0.2) is 11.3 Å². The first-order valence-electron chi connectivity index (χ1n) is 6.07. The van der Waals surface area contributed by atoms with Crippen LogP contribution in [0.15, 0.2) is 60.9 Å². The van der Waals surface area contributed by atoms with Gasteiger partial charge in [-0.2, -0.15) is 0 Å². The molecule has 0 saturated carbocycles. The van der Waals surface area contributed by atoms with Gasteiger partial charge in [0.25, 0.3) is 0 Å². The molecule has 0 radical (unpaired) electrons. The summed E-state index contributed by atoms with van der Waals surface area (Å²) >= 11 is 0. The van der Waals surface area contributed by atoms with Gasteiger partial charge < -0.3 is 0 Å². The van der Waals surface area contributed by atoms with Gasteiger partial charge in [-0.25, -0.2) is 15.0 Å². The van der Waals surface area contributed by atoms with E-state index in [1.54, 1.807) is 6.33 Å². The second-order valence-corrected chi connectivity index (χ2v) is 4.31. The van der Waals surface area contributed by atoms with Crippen LogP contribution in [0.25, 0.3) is 28.0 Å². The first-order valence-corrected chi connectivity index (χ1v) is 6.07. The predicted octanol–water partition coefficient (Wildman–Crippen LogP) is 2.97. The molecule has 0 unspecified atom stereocenters. The Balaban J connectivity index is 2.05. The number of fused-ring (bicyclic) bond motifs is 2. The summed E-state index contributed by atoms with van der Waals surface area (Å²) in [5.74, 6) is 0. The largest absolute Gasteiger partial charge is 0.282 e. The maximum absolute atomic E-state index is 4.65. The Bertz CT molecular complexity index is 865. The number of hydrogen-bond donors (Lipinski definition) is 0. The Hall–Kier alpha value is -2.75. The smallest absolute Gasteiger partial charge is 0.198 e. The maximum Gasteiger partial charge on any atom is 0.198 e. The number of hydrogen-bond acceptors (Lipinski definition) is 3. The molecule has 2 aromatic carbocycles. The lowest BCUT2D eigenvalue weighted by molar-refractivity contribution is 1.07. The van der Waals surface area contributed by atoms with Gasteiger partial charge in [0.2, 0.25) is 0 Å². The van der Waals surface area contributed by atoms with E-state index in [4.69, 9.17) is 0 Å². The van der Waals surface area contributed by atoms with Crippen LogP contribution in [0.1, 0.15) is 0 Å². The third kappa shape index (κ3) is 1.57. The second kappa shape index (κ2) is 3.88. The van der Waals surface area contributed by atoms with E-state index < -0.39 is 0 Å². The molecule has 0 amide bonds. The fourth-order valence-electron chi connectivity index (χ4n) is 2.17. The van der Waals surface area contributed by atoms with E-state index in [1.807, 2.05) is 59.2 Å². The molecule has 4 nitrogen and oxygen atoms in total. The van der Waals surface area contributed by atoms with Crippen molar-refractivity contribution in [3.05, 3.63) is 60.9 Å². The Morgan fingerprint density at radius 3 is 2.21 bits per heavy atom. The van der Waals surface area contributed by atoms with Crippen LogP contribution in [0.5, 0.6) is 0 Å². The third-order valence-electron chi connectivity index (χ3n) is 3.09. The Labute approximate surface area is 109 Å². The first-order chi connectivity index (χ1) is 9.42. The number of nitrogens with zero attached hydrogens (tertiary/aromatic N) is 4. The van der Waals surface area contributed by atoms with E-state index in [0.29, 0.717) is 5.65 Å². The quantitative estimate of drug-likeness (QED) is 0.518. The summed E-state index contributed by atoms with van der Waals surface area (Å²) in [6.45, 7) is 0. The summed E-state index contributed by atoms with van der Waals surface area (Å²) in [4.78, 5) is 13.5. The molecule has 0 aliphatic heterocycles. The highest BCUT2D eigenvalue weighted by Crippen LogP contribution is 2.18. The monoisotopic (exact) mass is 246 g/mol. The van der Waals surface area contributed by atoms with Gasteiger partial charge in [-0.3, -0.25) is 4.57 Å². The fourth-order valence-corrected chi connectivity index (χ4v) is 2.17. The summed E-state index contributed by atoms with van der Waals surface area (Å²) in [7, 11) is 0. The highest BCUT2D eigenvalue weighted by atomic mass is 15.1. The van der Waals surface area contributed by atoms with Crippen molar-refractivity contribution >= 4 is 22.3 Å². The molecule has 4 heteroatoms. The number of aromatic nitrogens is 4. The van der Waals surface area contributed by atoms with Gasteiger partial charge in [0.1, 0.15) is 6.33 Å². The van der Waals surface area contributed by atoms with Crippen LogP contribution in [-0.4, -0.2) is 19.5 Å². The SMILES string of the molecule is c1ccc(-n2cnc3nc4ccccc4nc32)cc1. The average Bonchev–Trinajstić information content (AvgIpc) is 2.88. The number of rotatable bonds is 1. The predicted molar refractivity (Wildman–Crippen MR) is 74.2 cm³/mol. The summed E-state index contributed by atoms with van der Waals surface area (Å²) in [5.41, 5.74) is 4.24. The zero-order chi connectivity index (χ0) is 12.7. The minimum Gasteiger partial charge on any atom is -0.282 e. The van der Waals surface area contributed by atoms with Crippen molar-refractivity contribution in [2.75, 3.05) is 0 Å². The van der Waals surface area contributed by atoms with Gasteiger partial charge >= 0.3 is 0 Å². The van der Waals surface area contributed by atoms with Crippen molar-refractivity contribution in [2.24, 2.45) is 0 Å². The normalized spacial score (nSPS) is 11.2. The van der Waals surface area contributed by atoms with E-state index in [1.165, 1.54) is 0 Å². The van der Waals surface area contributed by atoms with Crippen LogP contribution in [0, 0.1) is 0 Å². The van der Waals surface area contributed by atoms with Gasteiger partial charge in [-0.15, -0.1) is 0 Å². The summed E-state index contributed by atoms with van der Waals surface area (Å²) in [6, 6.07) is 17.9. The van der Waals surface area contributed by atoms with E-state index in [9.17, 15) is 0 Å². The zero-order valence-corrected chi connectivity index (χ0v) is 10.1. The molecule has 2 heterocycles. The average molecular weight is 246 g/mol. The lowest BCUT2D eigenvalue weighted by atomic mass is 10.3. The fraction of sp³-hybridized carbons (Fsp3) is 0. The van der Waals surface area contributed by atoms with E-state index in [-0.39, 0.29) is 0 Å². The molecule has 0 fully saturated rings. The molecule has 0 aliphatic rings. The van der Waals surface area contributed by atoms with Gasteiger partial charge in [-0.1, -0.05) is 30.3 Å². The topological polar surface area (TPSA) is 43.6 Å². The highest BCUT2D eigenvalue weighted by Gasteiger charge is 2.08. The molecule has 19 heavy (non-hydrogen) atoms. The molecule has 0 aliphatic carbocycles. The summed E-state index contributed by atoms with van der Waals surface area (Å²) < 4.78 is 1.95. The highest BCUT2D eigenvalue weighted by molar-refractivity contribution is 5.83. The van der Waals surface area contributed by atoms with Crippen LogP contribution in [-0.2, 0) is 0 Å². The van der Waals surface area contributed by atoms with Crippen LogP contribution < -0.4 is 0 Å². The number of benzene rings is 2. The van der Waals surface area contributed by atoms with Crippen LogP contribution in [0.2, 0.25) is 0 Å². The Kier molecular flexibility index (Phi) is 2.08. The van der Waals surface area contributed by atoms with Crippen LogP contribution >= 0.6 is 0 Å². The molecule has 0 saturated heterocycles. The van der Waals surface area contributed by atoms with Crippen molar-refractivity contribution in [2.45, 2.75) is 0 Å². The third-order valence-corrected chi connectivity index (χ3v) is 3.09. The lowest BCUT2D eigenvalue weighted by Crippen LogP contribution is -1.94.